The lowest BCUT2D eigenvalue weighted by Gasteiger charge is -2.26. The van der Waals surface area contributed by atoms with Gasteiger partial charge in [-0.25, -0.2) is 8.42 Å². The van der Waals surface area contributed by atoms with Crippen LogP contribution in [0.3, 0.4) is 0 Å². The normalized spacial score (nSPS) is 14.8. The maximum Gasteiger partial charge on any atom is 0.243 e. The second kappa shape index (κ2) is 11.1. The second-order valence-corrected chi connectivity index (χ2v) is 9.73. The van der Waals surface area contributed by atoms with Gasteiger partial charge in [0.15, 0.2) is 0 Å². The van der Waals surface area contributed by atoms with E-state index in [0.717, 1.165) is 11.3 Å². The third-order valence-electron chi connectivity index (χ3n) is 5.36. The number of nitrogens with zero attached hydrogens (tertiary/aromatic N) is 3. The molecule has 0 saturated carbocycles. The number of nitrogens with one attached hydrogen (secondary N) is 1. The summed E-state index contributed by atoms with van der Waals surface area (Å²) in [5.74, 6) is -0.122. The molecule has 34 heavy (non-hydrogen) atoms. The zero-order valence-corrected chi connectivity index (χ0v) is 19.4. The van der Waals surface area contributed by atoms with Gasteiger partial charge in [-0.1, -0.05) is 30.3 Å². The zero-order chi connectivity index (χ0) is 23.8. The molecule has 3 aromatic rings. The van der Waals surface area contributed by atoms with Crippen molar-refractivity contribution < 1.29 is 17.9 Å². The molecule has 0 spiro atoms. The Morgan fingerprint density at radius 2 is 1.47 bits per heavy atom. The number of aryl methyl sites for hydroxylation is 1. The van der Waals surface area contributed by atoms with E-state index in [9.17, 15) is 13.2 Å². The van der Waals surface area contributed by atoms with E-state index in [-0.39, 0.29) is 17.2 Å². The van der Waals surface area contributed by atoms with Crippen molar-refractivity contribution in [1.29, 1.82) is 0 Å². The Labute approximate surface area is 199 Å². The summed E-state index contributed by atoms with van der Waals surface area (Å²) in [6.07, 6.45) is 0.790. The smallest absolute Gasteiger partial charge is 0.243 e. The van der Waals surface area contributed by atoms with E-state index < -0.39 is 10.0 Å². The summed E-state index contributed by atoms with van der Waals surface area (Å²) < 4.78 is 32.1. The highest BCUT2D eigenvalue weighted by Gasteiger charge is 2.26. The topological polar surface area (TPSA) is 100 Å². The van der Waals surface area contributed by atoms with Crippen LogP contribution in [0.1, 0.15) is 12.0 Å². The maximum absolute atomic E-state index is 12.7. The number of rotatable bonds is 8. The second-order valence-electron chi connectivity index (χ2n) is 7.79. The number of sulfonamides is 1. The number of carbonyl (C=O) groups excluding carboxylic acids is 1. The molecule has 1 amide bonds. The van der Waals surface area contributed by atoms with Gasteiger partial charge in [0.2, 0.25) is 15.9 Å². The van der Waals surface area contributed by atoms with Crippen molar-refractivity contribution >= 4 is 33.0 Å². The molecule has 0 atom stereocenters. The lowest BCUT2D eigenvalue weighted by molar-refractivity contribution is -0.116. The molecule has 4 rings (SSSR count). The van der Waals surface area contributed by atoms with Crippen LogP contribution in [0.4, 0.5) is 17.1 Å². The molecule has 176 valence electrons. The highest BCUT2D eigenvalue weighted by Crippen LogP contribution is 2.21. The number of benzene rings is 3. The molecular formula is C25H26N4O4S. The van der Waals surface area contributed by atoms with Gasteiger partial charge >= 0.3 is 0 Å². The van der Waals surface area contributed by atoms with E-state index in [1.54, 1.807) is 48.5 Å². The van der Waals surface area contributed by atoms with Gasteiger partial charge in [0, 0.05) is 25.2 Å². The highest BCUT2D eigenvalue weighted by atomic mass is 32.2. The Morgan fingerprint density at radius 1 is 0.853 bits per heavy atom. The summed E-state index contributed by atoms with van der Waals surface area (Å²) in [5.41, 5.74) is 3.03. The SMILES string of the molecule is O=C(CCc1ccc(S(=O)(=O)N2CCOCC2)cc1)Nc1ccc(N=Nc2ccccc2)cc1. The van der Waals surface area contributed by atoms with Crippen LogP contribution in [0.15, 0.2) is 94.0 Å². The van der Waals surface area contributed by atoms with E-state index in [4.69, 9.17) is 4.74 Å². The molecule has 1 fully saturated rings. The van der Waals surface area contributed by atoms with E-state index >= 15 is 0 Å². The number of hydrogen-bond donors (Lipinski definition) is 1. The number of azo groups is 1. The molecule has 1 aliphatic rings. The molecule has 0 unspecified atom stereocenters. The summed E-state index contributed by atoms with van der Waals surface area (Å²) in [5, 5.41) is 11.2. The summed E-state index contributed by atoms with van der Waals surface area (Å²) in [4.78, 5) is 12.6. The standard InChI is InChI=1S/C25H26N4O4S/c30-25(26-21-9-11-23(12-10-21)28-27-22-4-2-1-3-5-22)15-8-20-6-13-24(14-7-20)34(31,32)29-16-18-33-19-17-29/h1-7,9-14H,8,15-19H2,(H,26,30). The molecule has 1 N–H and O–H groups in total. The minimum atomic E-state index is -3.51. The van der Waals surface area contributed by atoms with Crippen molar-refractivity contribution in [2.24, 2.45) is 10.2 Å². The Hall–Kier alpha value is -3.40. The molecule has 9 heteroatoms. The van der Waals surface area contributed by atoms with Crippen LogP contribution in [0.2, 0.25) is 0 Å². The quantitative estimate of drug-likeness (QED) is 0.475. The number of morpholine rings is 1. The molecular weight excluding hydrogens is 452 g/mol. The van der Waals surface area contributed by atoms with Crippen molar-refractivity contribution in [3.8, 4) is 0 Å². The number of anilines is 1. The predicted octanol–water partition coefficient (Wildman–Crippen LogP) is 4.69. The van der Waals surface area contributed by atoms with Crippen LogP contribution in [-0.2, 0) is 26.0 Å². The molecule has 1 saturated heterocycles. The molecule has 0 aromatic heterocycles. The minimum Gasteiger partial charge on any atom is -0.379 e. The van der Waals surface area contributed by atoms with Gasteiger partial charge in [-0.3, -0.25) is 4.79 Å². The molecule has 1 heterocycles. The third kappa shape index (κ3) is 6.34. The Morgan fingerprint density at radius 3 is 2.12 bits per heavy atom. The summed E-state index contributed by atoms with van der Waals surface area (Å²) in [6, 6.07) is 23.3. The first-order valence-corrected chi connectivity index (χ1v) is 12.5. The summed E-state index contributed by atoms with van der Waals surface area (Å²) in [6.45, 7) is 1.54. The number of ether oxygens (including phenoxy) is 1. The first kappa shape index (κ1) is 23.7. The van der Waals surface area contributed by atoms with Crippen LogP contribution in [-0.4, -0.2) is 44.9 Å². The van der Waals surface area contributed by atoms with Crippen molar-refractivity contribution in [2.75, 3.05) is 31.6 Å². The van der Waals surface area contributed by atoms with E-state index in [1.165, 1.54) is 4.31 Å². The first-order chi connectivity index (χ1) is 16.5. The Kier molecular flexibility index (Phi) is 7.79. The molecule has 3 aromatic carbocycles. The van der Waals surface area contributed by atoms with Crippen molar-refractivity contribution in [3.05, 3.63) is 84.4 Å². The van der Waals surface area contributed by atoms with Gasteiger partial charge in [-0.2, -0.15) is 14.5 Å². The largest absolute Gasteiger partial charge is 0.379 e. The van der Waals surface area contributed by atoms with Gasteiger partial charge in [0.1, 0.15) is 0 Å². The maximum atomic E-state index is 12.7. The Balaban J connectivity index is 1.27. The lowest BCUT2D eigenvalue weighted by Crippen LogP contribution is -2.40. The number of amides is 1. The molecule has 0 radical (unpaired) electrons. The molecule has 8 nitrogen and oxygen atoms in total. The molecule has 0 bridgehead atoms. The third-order valence-corrected chi connectivity index (χ3v) is 7.27. The van der Waals surface area contributed by atoms with Gasteiger partial charge in [-0.05, 0) is 60.5 Å². The van der Waals surface area contributed by atoms with Gasteiger partial charge in [-0.15, -0.1) is 0 Å². The zero-order valence-electron chi connectivity index (χ0n) is 18.6. The minimum absolute atomic E-state index is 0.122. The fourth-order valence-electron chi connectivity index (χ4n) is 3.47. The number of hydrogen-bond acceptors (Lipinski definition) is 6. The lowest BCUT2D eigenvalue weighted by atomic mass is 10.1. The molecule has 1 aliphatic heterocycles. The van der Waals surface area contributed by atoms with Crippen LogP contribution in [0, 0.1) is 0 Å². The van der Waals surface area contributed by atoms with E-state index in [1.807, 2.05) is 30.3 Å². The summed E-state index contributed by atoms with van der Waals surface area (Å²) >= 11 is 0. The van der Waals surface area contributed by atoms with Crippen molar-refractivity contribution in [1.82, 2.24) is 4.31 Å². The van der Waals surface area contributed by atoms with Crippen LogP contribution >= 0.6 is 0 Å². The van der Waals surface area contributed by atoms with Gasteiger partial charge < -0.3 is 10.1 Å². The van der Waals surface area contributed by atoms with Crippen LogP contribution in [0.25, 0.3) is 0 Å². The van der Waals surface area contributed by atoms with Crippen LogP contribution < -0.4 is 5.32 Å². The van der Waals surface area contributed by atoms with Gasteiger partial charge in [0.05, 0.1) is 29.5 Å². The van der Waals surface area contributed by atoms with Crippen LogP contribution in [0.5, 0.6) is 0 Å². The predicted molar refractivity (Wildman–Crippen MR) is 130 cm³/mol. The number of carbonyl (C=O) groups is 1. The van der Waals surface area contributed by atoms with Crippen molar-refractivity contribution in [2.45, 2.75) is 17.7 Å². The van der Waals surface area contributed by atoms with Gasteiger partial charge in [0.25, 0.3) is 0 Å². The Bertz CT molecular complexity index is 1220. The monoisotopic (exact) mass is 478 g/mol. The average molecular weight is 479 g/mol. The average Bonchev–Trinajstić information content (AvgIpc) is 2.88. The highest BCUT2D eigenvalue weighted by molar-refractivity contribution is 7.89. The fraction of sp³-hybridized carbons (Fsp3) is 0.240. The van der Waals surface area contributed by atoms with Crippen molar-refractivity contribution in [3.63, 3.8) is 0 Å². The van der Waals surface area contributed by atoms with E-state index in [2.05, 4.69) is 15.5 Å². The van der Waals surface area contributed by atoms with E-state index in [0.29, 0.717) is 44.1 Å². The first-order valence-electron chi connectivity index (χ1n) is 11.0. The molecule has 0 aliphatic carbocycles. The summed E-state index contributed by atoms with van der Waals surface area (Å²) in [7, 11) is -3.51. The fourth-order valence-corrected chi connectivity index (χ4v) is 4.87.